The Hall–Kier alpha value is -4.17. The van der Waals surface area contributed by atoms with Gasteiger partial charge in [0.2, 0.25) is 0 Å². The maximum absolute atomic E-state index is 15.1. The van der Waals surface area contributed by atoms with Gasteiger partial charge in [0.1, 0.15) is 17.6 Å². The van der Waals surface area contributed by atoms with Gasteiger partial charge in [0.25, 0.3) is 5.91 Å². The van der Waals surface area contributed by atoms with E-state index in [-0.39, 0.29) is 58.3 Å². The first-order valence-electron chi connectivity index (χ1n) is 15.5. The molecule has 2 saturated heterocycles. The van der Waals surface area contributed by atoms with Crippen LogP contribution in [-0.2, 0) is 16.4 Å². The van der Waals surface area contributed by atoms with E-state index in [1.54, 1.807) is 4.90 Å². The number of likely N-dealkylation sites (tertiary alicyclic amines) is 2. The lowest BCUT2D eigenvalue weighted by molar-refractivity contribution is -0.274. The Kier molecular flexibility index (Phi) is 10.6. The molecule has 2 aliphatic rings. The Balaban J connectivity index is 1.07. The molecular formula is C34H35F4N3O6S. The fourth-order valence-corrected chi connectivity index (χ4v) is 6.73. The van der Waals surface area contributed by atoms with Crippen LogP contribution in [0.1, 0.15) is 62.5 Å². The zero-order valence-electron chi connectivity index (χ0n) is 26.2. The first kappa shape index (κ1) is 35.1. The number of ether oxygens (including phenoxy) is 1. The van der Waals surface area contributed by atoms with Crippen LogP contribution in [0, 0.1) is 11.8 Å². The molecule has 5 rings (SSSR count). The van der Waals surface area contributed by atoms with E-state index in [0.29, 0.717) is 56.6 Å². The summed E-state index contributed by atoms with van der Waals surface area (Å²) >= 11 is 0. The number of alkyl halides is 4. The number of nitrogens with zero attached hydrogens (tertiary/aromatic N) is 3. The topological polar surface area (TPSA) is 114 Å². The first-order valence-corrected chi connectivity index (χ1v) is 17.4. The zero-order valence-corrected chi connectivity index (χ0v) is 27.0. The third-order valence-corrected chi connectivity index (χ3v) is 9.92. The maximum atomic E-state index is 15.1. The Labute approximate surface area is 275 Å². The van der Waals surface area contributed by atoms with Crippen LogP contribution >= 0.6 is 0 Å². The molecule has 256 valence electrons. The summed E-state index contributed by atoms with van der Waals surface area (Å²) in [6.07, 6.45) is -2.33. The molecule has 48 heavy (non-hydrogen) atoms. The van der Waals surface area contributed by atoms with Crippen LogP contribution in [0.15, 0.2) is 71.8 Å². The molecule has 2 atom stereocenters. The van der Waals surface area contributed by atoms with Gasteiger partial charge in [-0.2, -0.15) is 0 Å². The minimum Gasteiger partial charge on any atom is -0.406 e. The number of carbonyl (C=O) groups is 3. The predicted octanol–water partition coefficient (Wildman–Crippen LogP) is 5.55. The summed E-state index contributed by atoms with van der Waals surface area (Å²) in [4.78, 5) is 46.8. The third-order valence-electron chi connectivity index (χ3n) is 8.80. The highest BCUT2D eigenvalue weighted by molar-refractivity contribution is 7.90. The lowest BCUT2D eigenvalue weighted by Gasteiger charge is -2.34. The lowest BCUT2D eigenvalue weighted by Crippen LogP contribution is -2.42. The van der Waals surface area contributed by atoms with Crippen LogP contribution in [0.2, 0.25) is 0 Å². The SMILES string of the molecule is CS(=O)(=O)c1ccc(C(=O)C2CCN(C(=O)c3ccc(C(=O)CC4CCN(Cc5ccc(OC(F)(F)F)cc5)C[C@H]4F)cn3)CC2)cc1. The molecule has 3 aromatic rings. The number of benzene rings is 2. The van der Waals surface area contributed by atoms with Crippen LogP contribution in [0.25, 0.3) is 0 Å². The average molecular weight is 690 g/mol. The van der Waals surface area contributed by atoms with Crippen LogP contribution in [-0.4, -0.2) is 85.6 Å². The summed E-state index contributed by atoms with van der Waals surface area (Å²) in [7, 11) is -3.37. The smallest absolute Gasteiger partial charge is 0.406 e. The Bertz CT molecular complexity index is 1720. The number of amides is 1. The van der Waals surface area contributed by atoms with Crippen molar-refractivity contribution in [2.45, 2.75) is 49.7 Å². The van der Waals surface area contributed by atoms with Crippen LogP contribution in [0.4, 0.5) is 17.6 Å². The summed E-state index contributed by atoms with van der Waals surface area (Å²) in [6, 6.07) is 14.2. The summed E-state index contributed by atoms with van der Waals surface area (Å²) in [5, 5.41) is 0. The molecule has 2 aromatic carbocycles. The van der Waals surface area contributed by atoms with Crippen molar-refractivity contribution in [3.05, 3.63) is 89.2 Å². The fraction of sp³-hybridized carbons (Fsp3) is 0.412. The number of piperidine rings is 2. The number of carbonyl (C=O) groups excluding carboxylic acids is 3. The van der Waals surface area contributed by atoms with Crippen LogP contribution < -0.4 is 4.74 Å². The molecule has 9 nitrogen and oxygen atoms in total. The number of Topliss-reactive ketones (excluding diaryl/α,β-unsaturated/α-hetero) is 2. The van der Waals surface area contributed by atoms with Gasteiger partial charge in [0.05, 0.1) is 4.90 Å². The molecule has 14 heteroatoms. The van der Waals surface area contributed by atoms with Gasteiger partial charge in [0.15, 0.2) is 21.4 Å². The van der Waals surface area contributed by atoms with Crippen molar-refractivity contribution < 1.29 is 45.1 Å². The number of sulfone groups is 1. The summed E-state index contributed by atoms with van der Waals surface area (Å²) in [5.41, 5.74) is 1.56. The number of pyridine rings is 1. The van der Waals surface area contributed by atoms with Crippen molar-refractivity contribution in [3.63, 3.8) is 0 Å². The number of hydrogen-bond acceptors (Lipinski definition) is 8. The van der Waals surface area contributed by atoms with E-state index in [4.69, 9.17) is 0 Å². The second kappa shape index (κ2) is 14.5. The lowest BCUT2D eigenvalue weighted by atomic mass is 9.88. The minimum absolute atomic E-state index is 0.0218. The van der Waals surface area contributed by atoms with Crippen molar-refractivity contribution in [2.75, 3.05) is 32.4 Å². The summed E-state index contributed by atoms with van der Waals surface area (Å²) < 4.78 is 79.5. The standard InChI is InChI=1S/C34H35F4N3O6S/c1-48(45,46)28-9-4-23(5-10-28)32(43)24-13-16-41(17-14-24)33(44)30-11-6-26(19-39-30)31(42)18-25-12-15-40(21-29(25)35)20-22-2-7-27(8-3-22)47-34(36,37)38/h2-11,19,24-25,29H,12-18,20-21H2,1H3/t25?,29-/m1/s1. The highest BCUT2D eigenvalue weighted by Crippen LogP contribution is 2.28. The molecule has 1 aromatic heterocycles. The van der Waals surface area contributed by atoms with Gasteiger partial charge in [-0.3, -0.25) is 24.3 Å². The monoisotopic (exact) mass is 689 g/mol. The van der Waals surface area contributed by atoms with Crippen molar-refractivity contribution in [1.82, 2.24) is 14.8 Å². The highest BCUT2D eigenvalue weighted by atomic mass is 32.2. The molecule has 1 unspecified atom stereocenters. The number of halogens is 4. The number of aromatic nitrogens is 1. The average Bonchev–Trinajstić information content (AvgIpc) is 3.05. The molecule has 0 radical (unpaired) electrons. The molecule has 0 saturated carbocycles. The van der Waals surface area contributed by atoms with E-state index in [9.17, 15) is 36.0 Å². The van der Waals surface area contributed by atoms with Gasteiger partial charge in [0, 0.05) is 62.1 Å². The number of ketones is 2. The van der Waals surface area contributed by atoms with E-state index < -0.39 is 28.3 Å². The van der Waals surface area contributed by atoms with E-state index in [0.717, 1.165) is 6.26 Å². The van der Waals surface area contributed by atoms with Gasteiger partial charge in [-0.1, -0.05) is 24.3 Å². The Morgan fingerprint density at radius 2 is 1.54 bits per heavy atom. The van der Waals surface area contributed by atoms with Gasteiger partial charge < -0.3 is 9.64 Å². The summed E-state index contributed by atoms with van der Waals surface area (Å²) in [5.74, 6) is -1.84. The van der Waals surface area contributed by atoms with Crippen LogP contribution in [0.5, 0.6) is 5.75 Å². The largest absolute Gasteiger partial charge is 0.573 e. The highest BCUT2D eigenvalue weighted by Gasteiger charge is 2.33. The van der Waals surface area contributed by atoms with E-state index >= 15 is 4.39 Å². The molecule has 3 heterocycles. The second-order valence-corrected chi connectivity index (χ2v) is 14.3. The maximum Gasteiger partial charge on any atom is 0.573 e. The number of rotatable bonds is 10. The molecule has 2 fully saturated rings. The van der Waals surface area contributed by atoms with Crippen molar-refractivity contribution in [1.29, 1.82) is 0 Å². The third kappa shape index (κ3) is 9.04. The fourth-order valence-electron chi connectivity index (χ4n) is 6.09. The molecule has 1 amide bonds. The van der Waals surface area contributed by atoms with Crippen molar-refractivity contribution in [2.24, 2.45) is 11.8 Å². The Morgan fingerprint density at radius 3 is 2.10 bits per heavy atom. The zero-order chi connectivity index (χ0) is 34.6. The molecule has 2 aliphatic heterocycles. The first-order chi connectivity index (χ1) is 22.7. The van der Waals surface area contributed by atoms with Gasteiger partial charge in [-0.15, -0.1) is 13.2 Å². The van der Waals surface area contributed by atoms with E-state index in [2.05, 4.69) is 9.72 Å². The molecule has 0 spiro atoms. The molecule has 0 bridgehead atoms. The second-order valence-electron chi connectivity index (χ2n) is 12.3. The quantitative estimate of drug-likeness (QED) is 0.201. The summed E-state index contributed by atoms with van der Waals surface area (Å²) in [6.45, 7) is 1.63. The van der Waals surface area contributed by atoms with Gasteiger partial charge in [-0.25, -0.2) is 12.8 Å². The minimum atomic E-state index is -4.78. The van der Waals surface area contributed by atoms with Gasteiger partial charge >= 0.3 is 6.36 Å². The molecular weight excluding hydrogens is 654 g/mol. The van der Waals surface area contributed by atoms with E-state index in [1.165, 1.54) is 66.9 Å². The van der Waals surface area contributed by atoms with Crippen LogP contribution in [0.3, 0.4) is 0 Å². The van der Waals surface area contributed by atoms with Gasteiger partial charge in [-0.05, 0) is 73.7 Å². The number of hydrogen-bond donors (Lipinski definition) is 0. The normalized spacial score (nSPS) is 19.6. The van der Waals surface area contributed by atoms with Crippen molar-refractivity contribution >= 4 is 27.3 Å². The predicted molar refractivity (Wildman–Crippen MR) is 167 cm³/mol. The Morgan fingerprint density at radius 1 is 0.896 bits per heavy atom. The van der Waals surface area contributed by atoms with E-state index in [1.807, 2.05) is 4.90 Å². The molecule has 0 N–H and O–H groups in total. The van der Waals surface area contributed by atoms with Crippen molar-refractivity contribution in [3.8, 4) is 5.75 Å². The molecule has 0 aliphatic carbocycles.